The van der Waals surface area contributed by atoms with Crippen LogP contribution in [0.25, 0.3) is 0 Å². The summed E-state index contributed by atoms with van der Waals surface area (Å²) in [7, 11) is 5.40. The van der Waals surface area contributed by atoms with Crippen LogP contribution >= 0.6 is 12.4 Å². The molecular weight excluding hydrogens is 292 g/mol. The van der Waals surface area contributed by atoms with Crippen LogP contribution in [0.1, 0.15) is 24.4 Å². The zero-order valence-electron chi connectivity index (χ0n) is 12.9. The largest absolute Gasteiger partial charge is 0.384 e. The first kappa shape index (κ1) is 17.9. The summed E-state index contributed by atoms with van der Waals surface area (Å²) in [6.07, 6.45) is 5.67. The lowest BCUT2D eigenvalue weighted by molar-refractivity contribution is -0.135. The van der Waals surface area contributed by atoms with E-state index in [4.69, 9.17) is 4.74 Å². The Bertz CT molecular complexity index is 444. The van der Waals surface area contributed by atoms with Crippen molar-refractivity contribution in [1.29, 1.82) is 0 Å². The number of piperidine rings is 1. The second-order valence-electron chi connectivity index (χ2n) is 5.39. The lowest BCUT2D eigenvalue weighted by Gasteiger charge is -2.33. The molecule has 1 fully saturated rings. The van der Waals surface area contributed by atoms with E-state index in [0.29, 0.717) is 5.92 Å². The van der Waals surface area contributed by atoms with Gasteiger partial charge in [-0.05, 0) is 25.8 Å². The standard InChI is InChI=1S/C14H24N4O2.ClH/c1-15-13(12-8-16-17(2)9-12)14(19)18-6-4-11(5-7-18)10-20-3;/h8-9,11,13,15H,4-7,10H2,1-3H3;1H. The molecule has 7 heteroatoms. The number of likely N-dealkylation sites (N-methyl/N-ethyl adjacent to an activating group) is 1. The Labute approximate surface area is 132 Å². The van der Waals surface area contributed by atoms with E-state index in [9.17, 15) is 4.79 Å². The molecule has 1 aliphatic heterocycles. The van der Waals surface area contributed by atoms with Gasteiger partial charge in [-0.2, -0.15) is 5.10 Å². The van der Waals surface area contributed by atoms with Gasteiger partial charge in [0.2, 0.25) is 5.91 Å². The molecule has 2 rings (SSSR count). The Balaban J connectivity index is 0.00000220. The van der Waals surface area contributed by atoms with E-state index in [1.165, 1.54) is 0 Å². The molecule has 1 atom stereocenters. The molecule has 0 spiro atoms. The Kier molecular flexibility index (Phi) is 7.14. The third-order valence-corrected chi connectivity index (χ3v) is 3.92. The van der Waals surface area contributed by atoms with Crippen LogP contribution in [0.5, 0.6) is 0 Å². The lowest BCUT2D eigenvalue weighted by atomic mass is 9.97. The van der Waals surface area contributed by atoms with Gasteiger partial charge in [0.25, 0.3) is 0 Å². The predicted molar refractivity (Wildman–Crippen MR) is 83.4 cm³/mol. The number of amides is 1. The number of nitrogens with zero attached hydrogens (tertiary/aromatic N) is 3. The number of hydrogen-bond donors (Lipinski definition) is 1. The van der Waals surface area contributed by atoms with Gasteiger partial charge in [0, 0.05) is 45.6 Å². The van der Waals surface area contributed by atoms with Crippen molar-refractivity contribution in [2.45, 2.75) is 18.9 Å². The van der Waals surface area contributed by atoms with E-state index in [2.05, 4.69) is 10.4 Å². The van der Waals surface area contributed by atoms with Crippen LogP contribution in [-0.4, -0.2) is 54.4 Å². The van der Waals surface area contributed by atoms with Gasteiger partial charge in [0.1, 0.15) is 6.04 Å². The molecule has 1 aromatic rings. The maximum Gasteiger partial charge on any atom is 0.244 e. The lowest BCUT2D eigenvalue weighted by Crippen LogP contribution is -2.44. The van der Waals surface area contributed by atoms with Crippen LogP contribution < -0.4 is 5.32 Å². The second kappa shape index (κ2) is 8.36. The van der Waals surface area contributed by atoms with Gasteiger partial charge < -0.3 is 15.0 Å². The van der Waals surface area contributed by atoms with Gasteiger partial charge in [-0.15, -0.1) is 12.4 Å². The summed E-state index contributed by atoms with van der Waals surface area (Å²) in [6.45, 7) is 2.41. The van der Waals surface area contributed by atoms with Crippen molar-refractivity contribution in [2.75, 3.05) is 33.9 Å². The van der Waals surface area contributed by atoms with Crippen LogP contribution in [0.15, 0.2) is 12.4 Å². The molecule has 6 nitrogen and oxygen atoms in total. The van der Waals surface area contributed by atoms with E-state index >= 15 is 0 Å². The quantitative estimate of drug-likeness (QED) is 0.880. The molecule has 1 aliphatic rings. The van der Waals surface area contributed by atoms with E-state index in [1.807, 2.05) is 25.2 Å². The number of rotatable bonds is 5. The summed E-state index contributed by atoms with van der Waals surface area (Å²) < 4.78 is 6.91. The fraction of sp³-hybridized carbons (Fsp3) is 0.714. The summed E-state index contributed by atoms with van der Waals surface area (Å²) in [4.78, 5) is 14.5. The normalized spacial score (nSPS) is 17.4. The monoisotopic (exact) mass is 316 g/mol. The van der Waals surface area contributed by atoms with Gasteiger partial charge in [-0.25, -0.2) is 0 Å². The summed E-state index contributed by atoms with van der Waals surface area (Å²) in [5.41, 5.74) is 0.916. The molecule has 0 bridgehead atoms. The maximum absolute atomic E-state index is 12.6. The van der Waals surface area contributed by atoms with Crippen molar-refractivity contribution < 1.29 is 9.53 Å². The minimum absolute atomic E-state index is 0. The second-order valence-corrected chi connectivity index (χ2v) is 5.39. The van der Waals surface area contributed by atoms with Crippen molar-refractivity contribution in [1.82, 2.24) is 20.0 Å². The number of hydrogen-bond acceptors (Lipinski definition) is 4. The predicted octanol–water partition coefficient (Wildman–Crippen LogP) is 0.987. The zero-order valence-corrected chi connectivity index (χ0v) is 13.7. The van der Waals surface area contributed by atoms with Gasteiger partial charge in [0.05, 0.1) is 6.20 Å². The number of aromatic nitrogens is 2. The number of carbonyl (C=O) groups excluding carboxylic acids is 1. The number of methoxy groups -OCH3 is 1. The number of aryl methyl sites for hydroxylation is 1. The molecule has 1 aromatic heterocycles. The Hall–Kier alpha value is -1.11. The van der Waals surface area contributed by atoms with Crippen molar-refractivity contribution in [3.05, 3.63) is 18.0 Å². The molecule has 21 heavy (non-hydrogen) atoms. The summed E-state index contributed by atoms with van der Waals surface area (Å²) in [6, 6.07) is -0.303. The van der Waals surface area contributed by atoms with Crippen molar-refractivity contribution in [3.63, 3.8) is 0 Å². The van der Waals surface area contributed by atoms with Crippen molar-refractivity contribution >= 4 is 18.3 Å². The molecule has 0 radical (unpaired) electrons. The molecule has 1 N–H and O–H groups in total. The number of carbonyl (C=O) groups is 1. The first-order valence-electron chi connectivity index (χ1n) is 7.09. The Morgan fingerprint density at radius 3 is 2.67 bits per heavy atom. The maximum atomic E-state index is 12.6. The van der Waals surface area contributed by atoms with E-state index in [-0.39, 0.29) is 24.4 Å². The molecule has 1 amide bonds. The van der Waals surface area contributed by atoms with Crippen LogP contribution in [0.4, 0.5) is 0 Å². The van der Waals surface area contributed by atoms with Gasteiger partial charge in [0.15, 0.2) is 0 Å². The Morgan fingerprint density at radius 1 is 1.52 bits per heavy atom. The first-order valence-corrected chi connectivity index (χ1v) is 7.09. The highest BCUT2D eigenvalue weighted by molar-refractivity contribution is 5.85. The Morgan fingerprint density at radius 2 is 2.19 bits per heavy atom. The highest BCUT2D eigenvalue weighted by Gasteiger charge is 2.28. The molecule has 1 saturated heterocycles. The first-order chi connectivity index (χ1) is 9.65. The van der Waals surface area contributed by atoms with Crippen LogP contribution in [0.2, 0.25) is 0 Å². The molecule has 1 unspecified atom stereocenters. The number of halogens is 1. The molecule has 0 saturated carbocycles. The summed E-state index contributed by atoms with van der Waals surface area (Å²) in [5.74, 6) is 0.715. The number of likely N-dealkylation sites (tertiary alicyclic amines) is 1. The highest BCUT2D eigenvalue weighted by atomic mass is 35.5. The topological polar surface area (TPSA) is 59.4 Å². The smallest absolute Gasteiger partial charge is 0.244 e. The summed E-state index contributed by atoms with van der Waals surface area (Å²) >= 11 is 0. The van der Waals surface area contributed by atoms with E-state index < -0.39 is 0 Å². The van der Waals surface area contributed by atoms with Gasteiger partial charge in [-0.3, -0.25) is 9.48 Å². The summed E-state index contributed by atoms with van der Waals surface area (Å²) in [5, 5.41) is 7.23. The molecule has 2 heterocycles. The van der Waals surface area contributed by atoms with Crippen LogP contribution in [0, 0.1) is 5.92 Å². The molecule has 120 valence electrons. The number of ether oxygens (including phenoxy) is 1. The minimum atomic E-state index is -0.303. The van der Waals surface area contributed by atoms with E-state index in [1.54, 1.807) is 18.0 Å². The fourth-order valence-electron chi connectivity index (χ4n) is 2.76. The van der Waals surface area contributed by atoms with Crippen LogP contribution in [0.3, 0.4) is 0 Å². The average molecular weight is 317 g/mol. The van der Waals surface area contributed by atoms with Crippen LogP contribution in [-0.2, 0) is 16.6 Å². The van der Waals surface area contributed by atoms with Gasteiger partial charge in [-0.1, -0.05) is 0 Å². The molecule has 0 aliphatic carbocycles. The van der Waals surface area contributed by atoms with Crippen molar-refractivity contribution in [2.24, 2.45) is 13.0 Å². The highest BCUT2D eigenvalue weighted by Crippen LogP contribution is 2.21. The number of nitrogens with one attached hydrogen (secondary N) is 1. The molecule has 0 aromatic carbocycles. The third kappa shape index (κ3) is 4.43. The zero-order chi connectivity index (χ0) is 14.5. The molecular formula is C14H25ClN4O2. The third-order valence-electron chi connectivity index (χ3n) is 3.92. The fourth-order valence-corrected chi connectivity index (χ4v) is 2.76. The van der Waals surface area contributed by atoms with Crippen molar-refractivity contribution in [3.8, 4) is 0 Å². The van der Waals surface area contributed by atoms with Gasteiger partial charge >= 0.3 is 0 Å². The SMILES string of the molecule is CNC(C(=O)N1CCC(COC)CC1)c1cnn(C)c1.Cl. The average Bonchev–Trinajstić information content (AvgIpc) is 2.87. The van der Waals surface area contributed by atoms with E-state index in [0.717, 1.165) is 38.1 Å². The minimum Gasteiger partial charge on any atom is -0.384 e.